The lowest BCUT2D eigenvalue weighted by Crippen LogP contribution is -2.39. The monoisotopic (exact) mass is 378 g/mol. The first-order valence-electron chi connectivity index (χ1n) is 8.59. The van der Waals surface area contributed by atoms with Crippen LogP contribution in [0.15, 0.2) is 65.0 Å². The van der Waals surface area contributed by atoms with E-state index in [9.17, 15) is 4.79 Å². The van der Waals surface area contributed by atoms with Crippen molar-refractivity contribution in [1.29, 1.82) is 0 Å². The summed E-state index contributed by atoms with van der Waals surface area (Å²) < 4.78 is 0. The SMILES string of the molecule is CCNC(=O)N(Cc1ccc2c(c1)Nc1nccnc1S2)c1cccnc1. The largest absolute Gasteiger partial charge is 0.338 e. The van der Waals surface area contributed by atoms with Gasteiger partial charge in [-0.3, -0.25) is 9.88 Å². The van der Waals surface area contributed by atoms with E-state index in [2.05, 4.69) is 25.6 Å². The van der Waals surface area contributed by atoms with Crippen LogP contribution in [0.1, 0.15) is 12.5 Å². The maximum atomic E-state index is 12.5. The van der Waals surface area contributed by atoms with Gasteiger partial charge in [0.15, 0.2) is 5.82 Å². The first kappa shape index (κ1) is 17.3. The molecule has 0 atom stereocenters. The first-order valence-corrected chi connectivity index (χ1v) is 9.40. The summed E-state index contributed by atoms with van der Waals surface area (Å²) in [5.74, 6) is 0.750. The molecule has 2 N–H and O–H groups in total. The zero-order valence-electron chi connectivity index (χ0n) is 14.7. The molecule has 0 unspecified atom stereocenters. The summed E-state index contributed by atoms with van der Waals surface area (Å²) >= 11 is 1.58. The summed E-state index contributed by atoms with van der Waals surface area (Å²) in [7, 11) is 0. The molecule has 2 amide bonds. The number of nitrogens with one attached hydrogen (secondary N) is 2. The summed E-state index contributed by atoms with van der Waals surface area (Å²) in [5, 5.41) is 7.04. The van der Waals surface area contributed by atoms with Gasteiger partial charge < -0.3 is 10.6 Å². The van der Waals surface area contributed by atoms with Gasteiger partial charge in [0.05, 0.1) is 24.1 Å². The van der Waals surface area contributed by atoms with E-state index >= 15 is 0 Å². The maximum absolute atomic E-state index is 12.5. The van der Waals surface area contributed by atoms with Crippen molar-refractivity contribution in [3.63, 3.8) is 0 Å². The van der Waals surface area contributed by atoms with E-state index in [1.54, 1.807) is 41.4 Å². The summed E-state index contributed by atoms with van der Waals surface area (Å²) in [6.45, 7) is 2.90. The quantitative estimate of drug-likeness (QED) is 0.562. The fourth-order valence-electron chi connectivity index (χ4n) is 2.80. The van der Waals surface area contributed by atoms with Crippen LogP contribution in [-0.2, 0) is 6.54 Å². The molecule has 0 saturated heterocycles. The van der Waals surface area contributed by atoms with Crippen LogP contribution in [0, 0.1) is 0 Å². The molecule has 0 saturated carbocycles. The number of hydrogen-bond acceptors (Lipinski definition) is 6. The lowest BCUT2D eigenvalue weighted by molar-refractivity contribution is 0.246. The normalized spacial score (nSPS) is 11.7. The Morgan fingerprint density at radius 1 is 1.22 bits per heavy atom. The number of fused-ring (bicyclic) bond motifs is 2. The van der Waals surface area contributed by atoms with E-state index in [0.29, 0.717) is 13.1 Å². The number of carbonyl (C=O) groups is 1. The number of carbonyl (C=O) groups excluding carboxylic acids is 1. The van der Waals surface area contributed by atoms with E-state index in [1.807, 2.05) is 37.3 Å². The zero-order chi connectivity index (χ0) is 18.6. The lowest BCUT2D eigenvalue weighted by Gasteiger charge is -2.24. The van der Waals surface area contributed by atoms with E-state index in [0.717, 1.165) is 32.7 Å². The topological polar surface area (TPSA) is 83.0 Å². The molecule has 0 aliphatic carbocycles. The van der Waals surface area contributed by atoms with E-state index in [1.165, 1.54) is 0 Å². The highest BCUT2D eigenvalue weighted by atomic mass is 32.2. The number of nitrogens with zero attached hydrogens (tertiary/aromatic N) is 4. The summed E-state index contributed by atoms with van der Waals surface area (Å²) in [6, 6.07) is 9.66. The van der Waals surface area contributed by atoms with Gasteiger partial charge in [0.1, 0.15) is 5.03 Å². The van der Waals surface area contributed by atoms with Gasteiger partial charge in [-0.1, -0.05) is 17.8 Å². The second-order valence-electron chi connectivity index (χ2n) is 5.90. The van der Waals surface area contributed by atoms with Crippen LogP contribution in [-0.4, -0.2) is 27.5 Å². The second kappa shape index (κ2) is 7.63. The fraction of sp³-hybridized carbons (Fsp3) is 0.158. The van der Waals surface area contributed by atoms with Crippen molar-refractivity contribution in [1.82, 2.24) is 20.3 Å². The van der Waals surface area contributed by atoms with Crippen LogP contribution < -0.4 is 15.5 Å². The Bertz CT molecular complexity index is 965. The van der Waals surface area contributed by atoms with Crippen molar-refractivity contribution in [3.8, 4) is 0 Å². The highest BCUT2D eigenvalue weighted by Gasteiger charge is 2.20. The predicted molar refractivity (Wildman–Crippen MR) is 105 cm³/mol. The molecule has 0 spiro atoms. The lowest BCUT2D eigenvalue weighted by atomic mass is 10.1. The number of urea groups is 1. The molecule has 4 rings (SSSR count). The second-order valence-corrected chi connectivity index (χ2v) is 6.93. The predicted octanol–water partition coefficient (Wildman–Crippen LogP) is 3.82. The Labute approximate surface area is 161 Å². The molecular weight excluding hydrogens is 360 g/mol. The molecule has 0 bridgehead atoms. The minimum atomic E-state index is -0.151. The number of amides is 2. The number of anilines is 3. The molecular formula is C19H18N6OS. The highest BCUT2D eigenvalue weighted by molar-refractivity contribution is 7.99. The molecule has 136 valence electrons. The van der Waals surface area contributed by atoms with Gasteiger partial charge in [-0.05, 0) is 36.8 Å². The van der Waals surface area contributed by atoms with E-state index in [-0.39, 0.29) is 6.03 Å². The standard InChI is InChI=1S/C19H18N6OS/c1-2-21-19(26)25(14-4-3-7-20-11-14)12-13-5-6-16-15(10-13)24-17-18(27-16)23-9-8-22-17/h3-11H,2,12H2,1H3,(H,21,26)(H,22,24). The van der Waals surface area contributed by atoms with Gasteiger partial charge in [-0.15, -0.1) is 0 Å². The Morgan fingerprint density at radius 2 is 2.11 bits per heavy atom. The van der Waals surface area contributed by atoms with Gasteiger partial charge >= 0.3 is 6.03 Å². The van der Waals surface area contributed by atoms with Gasteiger partial charge in [0.2, 0.25) is 0 Å². The first-order chi connectivity index (χ1) is 13.2. The number of benzene rings is 1. The Kier molecular flexibility index (Phi) is 4.88. The Hall–Kier alpha value is -3.13. The average molecular weight is 378 g/mol. The van der Waals surface area contributed by atoms with Crippen molar-refractivity contribution < 1.29 is 4.79 Å². The van der Waals surface area contributed by atoms with Crippen molar-refractivity contribution in [3.05, 3.63) is 60.7 Å². The Morgan fingerprint density at radius 3 is 2.93 bits per heavy atom. The van der Waals surface area contributed by atoms with Crippen molar-refractivity contribution in [2.24, 2.45) is 0 Å². The molecule has 2 aromatic heterocycles. The van der Waals surface area contributed by atoms with E-state index in [4.69, 9.17) is 0 Å². The minimum absolute atomic E-state index is 0.151. The maximum Gasteiger partial charge on any atom is 0.322 e. The van der Waals surface area contributed by atoms with Gasteiger partial charge in [0, 0.05) is 30.0 Å². The zero-order valence-corrected chi connectivity index (χ0v) is 15.5. The van der Waals surface area contributed by atoms with Crippen LogP contribution >= 0.6 is 11.8 Å². The molecule has 27 heavy (non-hydrogen) atoms. The summed E-state index contributed by atoms with van der Waals surface area (Å²) in [4.78, 5) is 28.1. The van der Waals surface area contributed by atoms with Crippen LogP contribution in [0.25, 0.3) is 0 Å². The average Bonchev–Trinajstić information content (AvgIpc) is 2.71. The third kappa shape index (κ3) is 3.70. The van der Waals surface area contributed by atoms with Crippen LogP contribution in [0.2, 0.25) is 0 Å². The molecule has 0 radical (unpaired) electrons. The van der Waals surface area contributed by atoms with Gasteiger partial charge in [-0.2, -0.15) is 0 Å². The molecule has 0 fully saturated rings. The smallest absolute Gasteiger partial charge is 0.322 e. The van der Waals surface area contributed by atoms with Crippen molar-refractivity contribution in [2.45, 2.75) is 23.4 Å². The molecule has 7 nitrogen and oxygen atoms in total. The van der Waals surface area contributed by atoms with Crippen LogP contribution in [0.4, 0.5) is 22.0 Å². The third-order valence-corrected chi connectivity index (χ3v) is 5.11. The van der Waals surface area contributed by atoms with E-state index < -0.39 is 0 Å². The number of aromatic nitrogens is 3. The molecule has 3 aromatic rings. The molecule has 1 aliphatic heterocycles. The molecule has 8 heteroatoms. The summed E-state index contributed by atoms with van der Waals surface area (Å²) in [6.07, 6.45) is 6.73. The molecule has 1 aliphatic rings. The number of rotatable bonds is 4. The van der Waals surface area contributed by atoms with Crippen LogP contribution in [0.3, 0.4) is 0 Å². The number of pyridine rings is 1. The number of hydrogen-bond donors (Lipinski definition) is 2. The van der Waals surface area contributed by atoms with Gasteiger partial charge in [-0.25, -0.2) is 14.8 Å². The third-order valence-electron chi connectivity index (χ3n) is 4.04. The van der Waals surface area contributed by atoms with Crippen molar-refractivity contribution in [2.75, 3.05) is 16.8 Å². The van der Waals surface area contributed by atoms with Crippen molar-refractivity contribution >= 4 is 35.0 Å². The van der Waals surface area contributed by atoms with Crippen LogP contribution in [0.5, 0.6) is 0 Å². The minimum Gasteiger partial charge on any atom is -0.338 e. The Balaban J connectivity index is 1.60. The van der Waals surface area contributed by atoms with Gasteiger partial charge in [0.25, 0.3) is 0 Å². The molecule has 1 aromatic carbocycles. The molecule has 3 heterocycles. The highest BCUT2D eigenvalue weighted by Crippen LogP contribution is 2.42. The summed E-state index contributed by atoms with van der Waals surface area (Å²) in [5.41, 5.74) is 2.72. The fourth-order valence-corrected chi connectivity index (χ4v) is 3.68.